The van der Waals surface area contributed by atoms with E-state index in [1.807, 2.05) is 13.8 Å². The molecule has 0 aliphatic carbocycles. The summed E-state index contributed by atoms with van der Waals surface area (Å²) in [6.45, 7) is 3.61. The second-order valence-corrected chi connectivity index (χ2v) is 7.57. The molecule has 0 spiro atoms. The first-order valence-electron chi connectivity index (χ1n) is 9.18. The number of benzene rings is 3. The molecular formula is C23H20Cl2N2O3. The highest BCUT2D eigenvalue weighted by atomic mass is 35.5. The third-order valence-corrected chi connectivity index (χ3v) is 5.10. The molecular weight excluding hydrogens is 423 g/mol. The van der Waals surface area contributed by atoms with E-state index in [4.69, 9.17) is 27.9 Å². The van der Waals surface area contributed by atoms with Gasteiger partial charge in [-0.05, 0) is 73.5 Å². The molecule has 2 N–H and O–H groups in total. The van der Waals surface area contributed by atoms with Gasteiger partial charge in [-0.25, -0.2) is 0 Å². The van der Waals surface area contributed by atoms with Crippen molar-refractivity contribution >= 4 is 46.4 Å². The Hall–Kier alpha value is -3.02. The second kappa shape index (κ2) is 9.65. The number of hydrogen-bond donors (Lipinski definition) is 2. The van der Waals surface area contributed by atoms with E-state index in [9.17, 15) is 9.59 Å². The number of nitrogens with one attached hydrogen (secondary N) is 2. The maximum absolute atomic E-state index is 12.4. The van der Waals surface area contributed by atoms with Crippen LogP contribution in [-0.2, 0) is 4.79 Å². The van der Waals surface area contributed by atoms with Crippen LogP contribution in [0, 0.1) is 13.8 Å². The molecule has 0 atom stereocenters. The molecule has 3 rings (SSSR count). The van der Waals surface area contributed by atoms with Crippen molar-refractivity contribution in [1.29, 1.82) is 0 Å². The quantitative estimate of drug-likeness (QED) is 0.500. The van der Waals surface area contributed by atoms with Gasteiger partial charge >= 0.3 is 0 Å². The van der Waals surface area contributed by atoms with E-state index in [1.165, 1.54) is 0 Å². The first-order chi connectivity index (χ1) is 14.3. The summed E-state index contributed by atoms with van der Waals surface area (Å²) in [6, 6.07) is 17.1. The normalized spacial score (nSPS) is 10.4. The molecule has 2 amide bonds. The van der Waals surface area contributed by atoms with E-state index in [0.29, 0.717) is 32.7 Å². The van der Waals surface area contributed by atoms with Crippen molar-refractivity contribution in [3.8, 4) is 5.75 Å². The molecule has 0 saturated heterocycles. The van der Waals surface area contributed by atoms with Crippen LogP contribution in [0.3, 0.4) is 0 Å². The summed E-state index contributed by atoms with van der Waals surface area (Å²) in [5.74, 6) is -0.0385. The fourth-order valence-electron chi connectivity index (χ4n) is 2.84. The van der Waals surface area contributed by atoms with Gasteiger partial charge in [-0.1, -0.05) is 35.3 Å². The highest BCUT2D eigenvalue weighted by molar-refractivity contribution is 6.32. The largest absolute Gasteiger partial charge is 0.484 e. The zero-order chi connectivity index (χ0) is 21.7. The Kier molecular flexibility index (Phi) is 6.98. The summed E-state index contributed by atoms with van der Waals surface area (Å²) in [5.41, 5.74) is 3.29. The van der Waals surface area contributed by atoms with Gasteiger partial charge in [-0.15, -0.1) is 0 Å². The number of carbonyl (C=O) groups is 2. The van der Waals surface area contributed by atoms with Gasteiger partial charge in [0.25, 0.3) is 11.8 Å². The van der Waals surface area contributed by atoms with Crippen molar-refractivity contribution in [1.82, 2.24) is 0 Å². The van der Waals surface area contributed by atoms with Gasteiger partial charge in [-0.3, -0.25) is 9.59 Å². The number of rotatable bonds is 6. The van der Waals surface area contributed by atoms with Gasteiger partial charge < -0.3 is 15.4 Å². The number of halogens is 2. The third-order valence-electron chi connectivity index (χ3n) is 4.27. The van der Waals surface area contributed by atoms with Crippen molar-refractivity contribution in [3.05, 3.63) is 87.4 Å². The van der Waals surface area contributed by atoms with Crippen LogP contribution in [0.4, 0.5) is 11.4 Å². The topological polar surface area (TPSA) is 67.4 Å². The van der Waals surface area contributed by atoms with Gasteiger partial charge in [0.1, 0.15) is 5.75 Å². The number of aryl methyl sites for hydroxylation is 2. The van der Waals surface area contributed by atoms with Crippen LogP contribution in [0.1, 0.15) is 21.5 Å². The molecule has 0 saturated carbocycles. The number of hydrogen-bond acceptors (Lipinski definition) is 3. The highest BCUT2D eigenvalue weighted by Crippen LogP contribution is 2.26. The van der Waals surface area contributed by atoms with E-state index in [-0.39, 0.29) is 18.4 Å². The predicted molar refractivity (Wildman–Crippen MR) is 121 cm³/mol. The molecule has 0 aliphatic heterocycles. The minimum absolute atomic E-state index is 0.153. The Bertz CT molecular complexity index is 1080. The van der Waals surface area contributed by atoms with E-state index >= 15 is 0 Å². The van der Waals surface area contributed by atoms with Crippen molar-refractivity contribution < 1.29 is 14.3 Å². The van der Waals surface area contributed by atoms with Crippen LogP contribution in [0.5, 0.6) is 5.75 Å². The molecule has 0 heterocycles. The lowest BCUT2D eigenvalue weighted by atomic mass is 10.1. The summed E-state index contributed by atoms with van der Waals surface area (Å²) >= 11 is 12.1. The molecule has 30 heavy (non-hydrogen) atoms. The first-order valence-corrected chi connectivity index (χ1v) is 9.94. The molecule has 5 nitrogen and oxygen atoms in total. The summed E-state index contributed by atoms with van der Waals surface area (Å²) in [6.07, 6.45) is 0. The van der Waals surface area contributed by atoms with Crippen LogP contribution in [0.15, 0.2) is 60.7 Å². The maximum Gasteiger partial charge on any atom is 0.262 e. The van der Waals surface area contributed by atoms with Crippen molar-refractivity contribution in [2.75, 3.05) is 17.2 Å². The van der Waals surface area contributed by atoms with Gasteiger partial charge in [0.2, 0.25) is 0 Å². The van der Waals surface area contributed by atoms with Gasteiger partial charge in [0.15, 0.2) is 6.61 Å². The second-order valence-electron chi connectivity index (χ2n) is 6.75. The molecule has 0 aliphatic rings. The standard InChI is InChI=1S/C23H20Cl2N2O3/c1-14-9-20(10-15(2)22(14)25)30-13-21(28)26-18-7-4-8-19(12-18)27-23(29)16-5-3-6-17(24)11-16/h3-12H,13H2,1-2H3,(H,26,28)(H,27,29). The lowest BCUT2D eigenvalue weighted by Crippen LogP contribution is -2.20. The lowest BCUT2D eigenvalue weighted by Gasteiger charge is -2.11. The van der Waals surface area contributed by atoms with Crippen LogP contribution in [0.25, 0.3) is 0 Å². The maximum atomic E-state index is 12.4. The van der Waals surface area contributed by atoms with Crippen LogP contribution >= 0.6 is 23.2 Å². The van der Waals surface area contributed by atoms with Crippen LogP contribution in [0.2, 0.25) is 10.0 Å². The molecule has 3 aromatic rings. The zero-order valence-corrected chi connectivity index (χ0v) is 18.0. The minimum atomic E-state index is -0.321. The Morgan fingerprint density at radius 2 is 1.50 bits per heavy atom. The molecule has 0 bridgehead atoms. The van der Waals surface area contributed by atoms with Crippen molar-refractivity contribution in [2.24, 2.45) is 0 Å². The Balaban J connectivity index is 1.59. The van der Waals surface area contributed by atoms with Gasteiger partial charge in [-0.2, -0.15) is 0 Å². The predicted octanol–water partition coefficient (Wildman–Crippen LogP) is 5.88. The van der Waals surface area contributed by atoms with E-state index in [2.05, 4.69) is 10.6 Å². The van der Waals surface area contributed by atoms with E-state index < -0.39 is 0 Å². The molecule has 0 unspecified atom stereocenters. The molecule has 0 aromatic heterocycles. The molecule has 0 fully saturated rings. The summed E-state index contributed by atoms with van der Waals surface area (Å²) < 4.78 is 5.57. The fourth-order valence-corrected chi connectivity index (χ4v) is 3.14. The Morgan fingerprint density at radius 1 is 0.867 bits per heavy atom. The summed E-state index contributed by atoms with van der Waals surface area (Å²) in [7, 11) is 0. The average molecular weight is 443 g/mol. The molecule has 154 valence electrons. The van der Waals surface area contributed by atoms with Crippen molar-refractivity contribution in [2.45, 2.75) is 13.8 Å². The Labute approximate surface area is 185 Å². The fraction of sp³-hybridized carbons (Fsp3) is 0.130. The first kappa shape index (κ1) is 21.7. The minimum Gasteiger partial charge on any atom is -0.484 e. The zero-order valence-electron chi connectivity index (χ0n) is 16.5. The molecule has 7 heteroatoms. The summed E-state index contributed by atoms with van der Waals surface area (Å²) in [5, 5.41) is 6.70. The Morgan fingerprint density at radius 3 is 2.17 bits per heavy atom. The number of anilines is 2. The van der Waals surface area contributed by atoms with Crippen molar-refractivity contribution in [3.63, 3.8) is 0 Å². The monoisotopic (exact) mass is 442 g/mol. The number of ether oxygens (including phenoxy) is 1. The smallest absolute Gasteiger partial charge is 0.262 e. The van der Waals surface area contributed by atoms with E-state index in [1.54, 1.807) is 60.7 Å². The summed E-state index contributed by atoms with van der Waals surface area (Å²) in [4.78, 5) is 24.6. The lowest BCUT2D eigenvalue weighted by molar-refractivity contribution is -0.118. The molecule has 0 radical (unpaired) electrons. The van der Waals surface area contributed by atoms with Crippen LogP contribution < -0.4 is 15.4 Å². The average Bonchev–Trinajstić information content (AvgIpc) is 2.70. The highest BCUT2D eigenvalue weighted by Gasteiger charge is 2.09. The van der Waals surface area contributed by atoms with Gasteiger partial charge in [0, 0.05) is 27.0 Å². The number of amides is 2. The number of carbonyl (C=O) groups excluding carboxylic acids is 2. The SMILES string of the molecule is Cc1cc(OCC(=O)Nc2cccc(NC(=O)c3cccc(Cl)c3)c2)cc(C)c1Cl. The van der Waals surface area contributed by atoms with Gasteiger partial charge in [0.05, 0.1) is 0 Å². The third kappa shape index (κ3) is 5.75. The van der Waals surface area contributed by atoms with E-state index in [0.717, 1.165) is 11.1 Å². The molecule has 3 aromatic carbocycles. The van der Waals surface area contributed by atoms with Crippen LogP contribution in [-0.4, -0.2) is 18.4 Å².